The largest absolute Gasteiger partial charge is 0.468 e. The van der Waals surface area contributed by atoms with Crippen molar-refractivity contribution in [1.82, 2.24) is 19.8 Å². The summed E-state index contributed by atoms with van der Waals surface area (Å²) in [5.74, 6) is 0.825. The number of ether oxygens (including phenoxy) is 1. The third kappa shape index (κ3) is 3.40. The van der Waals surface area contributed by atoms with Crippen molar-refractivity contribution in [2.24, 2.45) is 0 Å². The van der Waals surface area contributed by atoms with Gasteiger partial charge >= 0.3 is 12.0 Å². The molecule has 0 bridgehead atoms. The van der Waals surface area contributed by atoms with Crippen molar-refractivity contribution in [2.75, 3.05) is 26.7 Å². The molecule has 1 saturated heterocycles. The highest BCUT2D eigenvalue weighted by atomic mass is 16.5. The lowest BCUT2D eigenvalue weighted by molar-refractivity contribution is -0.139. The quantitative estimate of drug-likeness (QED) is 0.854. The van der Waals surface area contributed by atoms with Gasteiger partial charge in [-0.15, -0.1) is 0 Å². The third-order valence-electron chi connectivity index (χ3n) is 3.98. The van der Waals surface area contributed by atoms with Crippen molar-refractivity contribution < 1.29 is 14.3 Å². The maximum atomic E-state index is 12.0. The molecular formula is C15H24N4O3. The average Bonchev–Trinajstić information content (AvgIpc) is 3.10. The van der Waals surface area contributed by atoms with Crippen LogP contribution in [0.2, 0.25) is 0 Å². The normalized spacial score (nSPS) is 17.9. The van der Waals surface area contributed by atoms with E-state index in [4.69, 9.17) is 0 Å². The number of urea groups is 1. The van der Waals surface area contributed by atoms with E-state index >= 15 is 0 Å². The molecule has 0 aromatic carbocycles. The third-order valence-corrected chi connectivity index (χ3v) is 3.98. The van der Waals surface area contributed by atoms with Crippen molar-refractivity contribution in [3.05, 3.63) is 17.7 Å². The number of rotatable bonds is 4. The van der Waals surface area contributed by atoms with Crippen molar-refractivity contribution in [3.8, 4) is 0 Å². The first-order valence-corrected chi connectivity index (χ1v) is 7.57. The summed E-state index contributed by atoms with van der Waals surface area (Å²) in [6.07, 6.45) is 2.77. The van der Waals surface area contributed by atoms with E-state index in [9.17, 15) is 9.59 Å². The first kappa shape index (κ1) is 16.3. The molecule has 1 unspecified atom stereocenters. The lowest BCUT2D eigenvalue weighted by atomic mass is 10.1. The van der Waals surface area contributed by atoms with Crippen LogP contribution in [0.1, 0.15) is 43.7 Å². The molecule has 0 saturated carbocycles. The molecule has 22 heavy (non-hydrogen) atoms. The maximum Gasteiger partial charge on any atom is 0.325 e. The predicted molar refractivity (Wildman–Crippen MR) is 81.7 cm³/mol. The van der Waals surface area contributed by atoms with E-state index in [1.807, 2.05) is 13.1 Å². The number of aromatic nitrogens is 2. The van der Waals surface area contributed by atoms with Crippen LogP contribution in [0.15, 0.2) is 6.20 Å². The Hall–Kier alpha value is -2.05. The van der Waals surface area contributed by atoms with Crippen LogP contribution in [0.3, 0.4) is 0 Å². The van der Waals surface area contributed by atoms with Crippen molar-refractivity contribution in [2.45, 2.75) is 39.2 Å². The van der Waals surface area contributed by atoms with Crippen LogP contribution in [-0.2, 0) is 9.53 Å². The van der Waals surface area contributed by atoms with Crippen LogP contribution >= 0.6 is 0 Å². The Morgan fingerprint density at radius 3 is 2.86 bits per heavy atom. The molecule has 2 amide bonds. The number of hydrogen-bond acceptors (Lipinski definition) is 4. The molecule has 2 heterocycles. The highest BCUT2D eigenvalue weighted by Crippen LogP contribution is 2.28. The summed E-state index contributed by atoms with van der Waals surface area (Å²) in [6, 6.07) is 0.118. The zero-order valence-corrected chi connectivity index (χ0v) is 13.6. The van der Waals surface area contributed by atoms with Crippen LogP contribution in [0.25, 0.3) is 0 Å². The molecule has 7 nitrogen and oxygen atoms in total. The second-order valence-corrected chi connectivity index (χ2v) is 5.89. The van der Waals surface area contributed by atoms with E-state index in [1.54, 1.807) is 4.90 Å². The lowest BCUT2D eigenvalue weighted by Gasteiger charge is -2.19. The number of nitrogens with zero attached hydrogens (tertiary/aromatic N) is 3. The van der Waals surface area contributed by atoms with E-state index in [0.29, 0.717) is 19.1 Å². The first-order valence-electron chi connectivity index (χ1n) is 7.57. The fourth-order valence-corrected chi connectivity index (χ4v) is 2.93. The summed E-state index contributed by atoms with van der Waals surface area (Å²) >= 11 is 0. The van der Waals surface area contributed by atoms with Crippen molar-refractivity contribution in [3.63, 3.8) is 0 Å². The monoisotopic (exact) mass is 308 g/mol. The molecule has 0 spiro atoms. The van der Waals surface area contributed by atoms with Gasteiger partial charge in [-0.1, -0.05) is 0 Å². The number of carbonyl (C=O) groups excluding carboxylic acids is 2. The van der Waals surface area contributed by atoms with Gasteiger partial charge in [0.15, 0.2) is 0 Å². The zero-order valence-electron chi connectivity index (χ0n) is 13.6. The molecule has 1 aliphatic heterocycles. The summed E-state index contributed by atoms with van der Waals surface area (Å²) in [4.78, 5) is 29.4. The van der Waals surface area contributed by atoms with Crippen LogP contribution in [0, 0.1) is 6.92 Å². The average molecular weight is 308 g/mol. The van der Waals surface area contributed by atoms with Crippen molar-refractivity contribution >= 4 is 12.0 Å². The molecule has 1 aromatic heterocycles. The minimum absolute atomic E-state index is 0.101. The van der Waals surface area contributed by atoms with E-state index in [-0.39, 0.29) is 18.5 Å². The summed E-state index contributed by atoms with van der Waals surface area (Å²) in [5, 5.41) is 2.58. The van der Waals surface area contributed by atoms with Gasteiger partial charge in [-0.2, -0.15) is 0 Å². The van der Waals surface area contributed by atoms with E-state index < -0.39 is 5.97 Å². The van der Waals surface area contributed by atoms with Gasteiger partial charge in [0.2, 0.25) is 0 Å². The molecule has 1 N–H and O–H groups in total. The highest BCUT2D eigenvalue weighted by Gasteiger charge is 2.31. The second kappa shape index (κ2) is 6.81. The Labute approximate surface area is 130 Å². The van der Waals surface area contributed by atoms with E-state index in [1.165, 1.54) is 7.11 Å². The van der Waals surface area contributed by atoms with E-state index in [0.717, 1.165) is 17.9 Å². The number of carbonyl (C=O) groups is 2. The first-order chi connectivity index (χ1) is 10.4. The van der Waals surface area contributed by atoms with Crippen molar-refractivity contribution in [1.29, 1.82) is 0 Å². The van der Waals surface area contributed by atoms with E-state index in [2.05, 4.69) is 33.5 Å². The number of aryl methyl sites for hydroxylation is 1. The lowest BCUT2D eigenvalue weighted by Crippen LogP contribution is -2.41. The molecule has 2 rings (SSSR count). The Morgan fingerprint density at radius 2 is 2.23 bits per heavy atom. The fourth-order valence-electron chi connectivity index (χ4n) is 2.93. The smallest absolute Gasteiger partial charge is 0.325 e. The highest BCUT2D eigenvalue weighted by molar-refractivity contribution is 5.81. The van der Waals surface area contributed by atoms with Crippen LogP contribution < -0.4 is 5.32 Å². The van der Waals surface area contributed by atoms with Crippen LogP contribution in [0.5, 0.6) is 0 Å². The number of esters is 1. The number of hydrogen-bond donors (Lipinski definition) is 1. The molecule has 1 atom stereocenters. The number of imidazole rings is 1. The van der Waals surface area contributed by atoms with Gasteiger partial charge in [0.25, 0.3) is 0 Å². The molecule has 7 heteroatoms. The summed E-state index contributed by atoms with van der Waals surface area (Å²) in [7, 11) is 1.30. The van der Waals surface area contributed by atoms with Gasteiger partial charge in [-0.3, -0.25) is 4.79 Å². The second-order valence-electron chi connectivity index (χ2n) is 5.89. The molecule has 1 aromatic rings. The van der Waals surface area contributed by atoms with Gasteiger partial charge in [-0.05, 0) is 27.2 Å². The topological polar surface area (TPSA) is 76.5 Å². The number of nitrogens with one attached hydrogen (secondary N) is 1. The molecule has 1 aliphatic rings. The fraction of sp³-hybridized carbons (Fsp3) is 0.667. The summed E-state index contributed by atoms with van der Waals surface area (Å²) in [6.45, 7) is 7.50. The Kier molecular flexibility index (Phi) is 5.05. The van der Waals surface area contributed by atoms with Crippen LogP contribution in [0.4, 0.5) is 4.79 Å². The van der Waals surface area contributed by atoms with Gasteiger partial charge in [0.05, 0.1) is 7.11 Å². The van der Waals surface area contributed by atoms with Gasteiger partial charge in [0, 0.05) is 36.9 Å². The Morgan fingerprint density at radius 1 is 1.50 bits per heavy atom. The minimum atomic E-state index is -0.449. The molecule has 0 radical (unpaired) electrons. The SMILES string of the molecule is COC(=O)CNC(=O)N1CCC(c2ncc(C)n2C(C)C)C1. The standard InChI is InChI=1S/C15H24N4O3/c1-10(2)19-11(3)7-16-14(19)12-5-6-18(9-12)15(21)17-8-13(20)22-4/h7,10,12H,5-6,8-9H2,1-4H3,(H,17,21). The minimum Gasteiger partial charge on any atom is -0.468 e. The van der Waals surface area contributed by atoms with Gasteiger partial charge < -0.3 is 19.5 Å². The number of likely N-dealkylation sites (tertiary alicyclic amines) is 1. The molecule has 1 fully saturated rings. The van der Waals surface area contributed by atoms with Gasteiger partial charge in [-0.25, -0.2) is 9.78 Å². The predicted octanol–water partition coefficient (Wildman–Crippen LogP) is 1.44. The zero-order chi connectivity index (χ0) is 16.3. The Bertz CT molecular complexity index is 553. The van der Waals surface area contributed by atoms with Crippen LogP contribution in [-0.4, -0.2) is 53.2 Å². The number of methoxy groups -OCH3 is 1. The maximum absolute atomic E-state index is 12.0. The molecular weight excluding hydrogens is 284 g/mol. The summed E-state index contributed by atoms with van der Waals surface area (Å²) in [5.41, 5.74) is 1.14. The number of amides is 2. The molecule has 122 valence electrons. The molecule has 0 aliphatic carbocycles. The summed E-state index contributed by atoms with van der Waals surface area (Å²) < 4.78 is 6.74. The van der Waals surface area contributed by atoms with Gasteiger partial charge in [0.1, 0.15) is 12.4 Å². The Balaban J connectivity index is 1.98.